The van der Waals surface area contributed by atoms with E-state index in [9.17, 15) is 14.4 Å². The number of nitrogens with one attached hydrogen (secondary N) is 1. The van der Waals surface area contributed by atoms with Gasteiger partial charge in [-0.2, -0.15) is 0 Å². The quantitative estimate of drug-likeness (QED) is 0.634. The van der Waals surface area contributed by atoms with Crippen molar-refractivity contribution < 1.29 is 18.8 Å². The zero-order valence-electron chi connectivity index (χ0n) is 16.3. The molecule has 0 spiro atoms. The van der Waals surface area contributed by atoms with Gasteiger partial charge in [0.1, 0.15) is 5.41 Å². The molecule has 4 rings (SSSR count). The highest BCUT2D eigenvalue weighted by atomic mass is 16.3. The fourth-order valence-corrected chi connectivity index (χ4v) is 4.38. The molecule has 2 heterocycles. The monoisotopic (exact) mass is 387 g/mol. The maximum atomic E-state index is 13.1. The van der Waals surface area contributed by atoms with Crippen molar-refractivity contribution in [2.45, 2.75) is 57.4 Å². The van der Waals surface area contributed by atoms with Crippen molar-refractivity contribution in [3.05, 3.63) is 24.2 Å². The van der Waals surface area contributed by atoms with E-state index in [1.165, 1.54) is 19.1 Å². The molecule has 3 fully saturated rings. The predicted molar refractivity (Wildman–Crippen MR) is 102 cm³/mol. The first-order valence-corrected chi connectivity index (χ1v) is 10.5. The summed E-state index contributed by atoms with van der Waals surface area (Å²) >= 11 is 0. The lowest BCUT2D eigenvalue weighted by atomic mass is 10.0. The Hall–Kier alpha value is -2.31. The van der Waals surface area contributed by atoms with Crippen molar-refractivity contribution in [3.63, 3.8) is 0 Å². The first-order valence-electron chi connectivity index (χ1n) is 10.5. The summed E-state index contributed by atoms with van der Waals surface area (Å²) in [6.45, 7) is 1.85. The van der Waals surface area contributed by atoms with Crippen LogP contribution in [0.3, 0.4) is 0 Å². The van der Waals surface area contributed by atoms with Crippen molar-refractivity contribution in [2.24, 2.45) is 5.41 Å². The van der Waals surface area contributed by atoms with Crippen molar-refractivity contribution in [3.8, 4) is 0 Å². The fraction of sp³-hybridized carbons (Fsp3) is 0.667. The highest BCUT2D eigenvalue weighted by Gasteiger charge is 2.58. The summed E-state index contributed by atoms with van der Waals surface area (Å²) in [5.41, 5.74) is -0.862. The number of hydrogen-bond acceptors (Lipinski definition) is 4. The van der Waals surface area contributed by atoms with Crippen LogP contribution in [0.2, 0.25) is 0 Å². The van der Waals surface area contributed by atoms with Crippen LogP contribution in [-0.2, 0) is 9.59 Å². The van der Waals surface area contributed by atoms with E-state index in [-0.39, 0.29) is 23.8 Å². The van der Waals surface area contributed by atoms with Crippen LogP contribution in [0.25, 0.3) is 0 Å². The molecular weight excluding hydrogens is 358 g/mol. The minimum absolute atomic E-state index is 0.0660. The van der Waals surface area contributed by atoms with Crippen LogP contribution in [0.1, 0.15) is 61.9 Å². The second kappa shape index (κ2) is 7.97. The van der Waals surface area contributed by atoms with E-state index in [4.69, 9.17) is 4.42 Å². The molecule has 3 aliphatic rings. The Balaban J connectivity index is 1.31. The number of nitrogens with zero attached hydrogens (tertiary/aromatic N) is 2. The van der Waals surface area contributed by atoms with E-state index < -0.39 is 5.41 Å². The van der Waals surface area contributed by atoms with Crippen LogP contribution in [0.15, 0.2) is 22.8 Å². The Kier molecular flexibility index (Phi) is 5.42. The van der Waals surface area contributed by atoms with Gasteiger partial charge in [0.15, 0.2) is 5.76 Å². The molecule has 28 heavy (non-hydrogen) atoms. The molecule has 1 saturated heterocycles. The minimum atomic E-state index is -0.862. The molecule has 7 heteroatoms. The van der Waals surface area contributed by atoms with Gasteiger partial charge in [0, 0.05) is 32.2 Å². The van der Waals surface area contributed by atoms with Crippen molar-refractivity contribution in [1.82, 2.24) is 15.1 Å². The zero-order chi connectivity index (χ0) is 19.6. The van der Waals surface area contributed by atoms with E-state index in [1.807, 2.05) is 0 Å². The molecule has 0 atom stereocenters. The fourth-order valence-electron chi connectivity index (χ4n) is 4.38. The summed E-state index contributed by atoms with van der Waals surface area (Å²) in [6.07, 6.45) is 9.56. The molecule has 1 aliphatic heterocycles. The number of piperazine rings is 1. The molecule has 1 aromatic heterocycles. The van der Waals surface area contributed by atoms with Crippen LogP contribution in [-0.4, -0.2) is 59.7 Å². The van der Waals surface area contributed by atoms with Crippen molar-refractivity contribution >= 4 is 17.7 Å². The first kappa shape index (κ1) is 19.0. The predicted octanol–water partition coefficient (Wildman–Crippen LogP) is 2.18. The smallest absolute Gasteiger partial charge is 0.289 e. The topological polar surface area (TPSA) is 82.9 Å². The third-order valence-electron chi connectivity index (χ3n) is 6.37. The molecule has 0 radical (unpaired) electrons. The van der Waals surface area contributed by atoms with Gasteiger partial charge >= 0.3 is 0 Å². The second-order valence-electron chi connectivity index (χ2n) is 8.31. The summed E-state index contributed by atoms with van der Waals surface area (Å²) < 4.78 is 5.17. The zero-order valence-corrected chi connectivity index (χ0v) is 16.3. The summed E-state index contributed by atoms with van der Waals surface area (Å²) in [6, 6.07) is 3.55. The number of carbonyl (C=O) groups excluding carboxylic acids is 3. The lowest BCUT2D eigenvalue weighted by Crippen LogP contribution is -2.55. The van der Waals surface area contributed by atoms with Crippen molar-refractivity contribution in [2.75, 3.05) is 26.2 Å². The van der Waals surface area contributed by atoms with Gasteiger partial charge in [0.25, 0.3) is 5.91 Å². The highest BCUT2D eigenvalue weighted by molar-refractivity contribution is 6.08. The highest BCUT2D eigenvalue weighted by Crippen LogP contribution is 2.48. The lowest BCUT2D eigenvalue weighted by Gasteiger charge is -2.36. The molecule has 2 aliphatic carbocycles. The number of carbonyl (C=O) groups is 3. The van der Waals surface area contributed by atoms with Gasteiger partial charge < -0.3 is 19.5 Å². The van der Waals surface area contributed by atoms with Crippen LogP contribution < -0.4 is 5.32 Å². The standard InChI is InChI=1S/C21H29N3O4/c25-18(17-8-5-15-28-17)23-11-13-24(14-12-23)20(27)21(9-10-21)19(26)22-16-6-3-1-2-4-7-16/h5,8,15-16H,1-4,6-7,9-14H2,(H,22,26). The molecule has 2 saturated carbocycles. The Morgan fingerprint density at radius 3 is 2.18 bits per heavy atom. The molecule has 0 aromatic carbocycles. The van der Waals surface area contributed by atoms with Gasteiger partial charge in [0.05, 0.1) is 6.26 Å². The van der Waals surface area contributed by atoms with E-state index in [2.05, 4.69) is 5.32 Å². The number of furan rings is 1. The maximum absolute atomic E-state index is 13.1. The van der Waals surface area contributed by atoms with E-state index in [1.54, 1.807) is 21.9 Å². The molecule has 1 N–H and O–H groups in total. The Labute approximate surface area is 165 Å². The van der Waals surface area contributed by atoms with Crippen LogP contribution in [0.5, 0.6) is 0 Å². The van der Waals surface area contributed by atoms with E-state index in [0.717, 1.165) is 25.7 Å². The van der Waals surface area contributed by atoms with E-state index >= 15 is 0 Å². The molecule has 152 valence electrons. The van der Waals surface area contributed by atoms with E-state index in [0.29, 0.717) is 44.8 Å². The summed E-state index contributed by atoms with van der Waals surface area (Å²) in [7, 11) is 0. The summed E-state index contributed by atoms with van der Waals surface area (Å²) in [5, 5.41) is 3.16. The average Bonchev–Trinajstić information content (AvgIpc) is 3.43. The Bertz CT molecular complexity index is 710. The Morgan fingerprint density at radius 1 is 0.964 bits per heavy atom. The molecular formula is C21H29N3O4. The second-order valence-corrected chi connectivity index (χ2v) is 8.31. The third kappa shape index (κ3) is 3.80. The lowest BCUT2D eigenvalue weighted by molar-refractivity contribution is -0.145. The average molecular weight is 387 g/mol. The third-order valence-corrected chi connectivity index (χ3v) is 6.37. The van der Waals surface area contributed by atoms with Gasteiger partial charge in [-0.1, -0.05) is 25.7 Å². The van der Waals surface area contributed by atoms with Gasteiger partial charge in [0.2, 0.25) is 11.8 Å². The van der Waals surface area contributed by atoms with Gasteiger partial charge in [-0.3, -0.25) is 14.4 Å². The molecule has 0 bridgehead atoms. The normalized spacial score (nSPS) is 22.4. The molecule has 3 amide bonds. The molecule has 0 unspecified atom stereocenters. The summed E-state index contributed by atoms with van der Waals surface area (Å²) in [5.74, 6) is 0.0211. The minimum Gasteiger partial charge on any atom is -0.459 e. The van der Waals surface area contributed by atoms with Crippen LogP contribution in [0, 0.1) is 5.41 Å². The Morgan fingerprint density at radius 2 is 1.61 bits per heavy atom. The SMILES string of the molecule is O=C(c1ccco1)N1CCN(C(=O)C2(C(=O)NC3CCCCCC3)CC2)CC1. The summed E-state index contributed by atoms with van der Waals surface area (Å²) in [4.78, 5) is 41.8. The van der Waals surface area contributed by atoms with Gasteiger partial charge in [-0.05, 0) is 37.8 Å². The van der Waals surface area contributed by atoms with Crippen LogP contribution in [0.4, 0.5) is 0 Å². The van der Waals surface area contributed by atoms with Crippen molar-refractivity contribution in [1.29, 1.82) is 0 Å². The van der Waals surface area contributed by atoms with Gasteiger partial charge in [-0.25, -0.2) is 0 Å². The maximum Gasteiger partial charge on any atom is 0.289 e. The number of rotatable bonds is 4. The number of amides is 3. The molecule has 7 nitrogen and oxygen atoms in total. The van der Waals surface area contributed by atoms with Gasteiger partial charge in [-0.15, -0.1) is 0 Å². The largest absolute Gasteiger partial charge is 0.459 e. The molecule has 1 aromatic rings. The number of hydrogen-bond donors (Lipinski definition) is 1. The first-order chi connectivity index (χ1) is 13.6. The van der Waals surface area contributed by atoms with Crippen LogP contribution >= 0.6 is 0 Å².